The van der Waals surface area contributed by atoms with Gasteiger partial charge < -0.3 is 11.5 Å². The van der Waals surface area contributed by atoms with Crippen LogP contribution in [-0.4, -0.2) is 0 Å². The first kappa shape index (κ1) is 17.2. The zero-order chi connectivity index (χ0) is 12.3. The SMILES string of the molecule is CC(C)CC[C@@H](N)c1cc(Br)cc(Br)c1N.Cl. The predicted molar refractivity (Wildman–Crippen MR) is 84.5 cm³/mol. The Morgan fingerprint density at radius 1 is 1.18 bits per heavy atom. The van der Waals surface area contributed by atoms with Crippen LogP contribution < -0.4 is 11.5 Å². The fraction of sp³-hybridized carbons (Fsp3) is 0.500. The second kappa shape index (κ2) is 7.62. The maximum atomic E-state index is 6.16. The second-order valence-electron chi connectivity index (χ2n) is 4.47. The fourth-order valence-electron chi connectivity index (χ4n) is 1.58. The summed E-state index contributed by atoms with van der Waals surface area (Å²) in [4.78, 5) is 0. The number of hydrogen-bond acceptors (Lipinski definition) is 2. The van der Waals surface area contributed by atoms with Crippen LogP contribution in [0.1, 0.15) is 38.3 Å². The number of nitrogens with two attached hydrogens (primary N) is 2. The molecule has 17 heavy (non-hydrogen) atoms. The zero-order valence-corrected chi connectivity index (χ0v) is 14.0. The first-order chi connectivity index (χ1) is 7.41. The van der Waals surface area contributed by atoms with E-state index in [1.165, 1.54) is 0 Å². The minimum atomic E-state index is 0. The minimum Gasteiger partial charge on any atom is -0.398 e. The molecule has 0 radical (unpaired) electrons. The first-order valence-electron chi connectivity index (χ1n) is 5.41. The molecule has 1 rings (SSSR count). The highest BCUT2D eigenvalue weighted by Gasteiger charge is 2.13. The van der Waals surface area contributed by atoms with Crippen molar-refractivity contribution >= 4 is 50.0 Å². The van der Waals surface area contributed by atoms with Gasteiger partial charge in [-0.2, -0.15) is 0 Å². The largest absolute Gasteiger partial charge is 0.398 e. The first-order valence-corrected chi connectivity index (χ1v) is 7.00. The van der Waals surface area contributed by atoms with E-state index in [0.717, 1.165) is 33.0 Å². The van der Waals surface area contributed by atoms with Crippen LogP contribution in [0.2, 0.25) is 0 Å². The molecule has 4 N–H and O–H groups in total. The third-order valence-electron chi connectivity index (χ3n) is 2.58. The van der Waals surface area contributed by atoms with Gasteiger partial charge in [-0.05, 0) is 52.4 Å². The zero-order valence-electron chi connectivity index (χ0n) is 10.0. The molecule has 0 amide bonds. The van der Waals surface area contributed by atoms with Crippen molar-refractivity contribution < 1.29 is 0 Å². The number of halogens is 3. The second-order valence-corrected chi connectivity index (χ2v) is 6.24. The molecule has 0 aromatic heterocycles. The van der Waals surface area contributed by atoms with Gasteiger partial charge in [0.05, 0.1) is 5.69 Å². The Morgan fingerprint density at radius 3 is 2.29 bits per heavy atom. The predicted octanol–water partition coefficient (Wildman–Crippen LogP) is 4.65. The number of benzene rings is 1. The molecule has 0 heterocycles. The molecule has 0 aliphatic rings. The molecule has 0 aliphatic heterocycles. The normalized spacial score (nSPS) is 12.4. The van der Waals surface area contributed by atoms with Gasteiger partial charge in [-0.25, -0.2) is 0 Å². The lowest BCUT2D eigenvalue weighted by Crippen LogP contribution is -2.13. The number of nitrogen functional groups attached to an aromatic ring is 1. The van der Waals surface area contributed by atoms with E-state index in [2.05, 4.69) is 45.7 Å². The van der Waals surface area contributed by atoms with Crippen molar-refractivity contribution in [1.29, 1.82) is 0 Å². The monoisotopic (exact) mass is 384 g/mol. The molecule has 0 fully saturated rings. The van der Waals surface area contributed by atoms with E-state index in [1.807, 2.05) is 12.1 Å². The van der Waals surface area contributed by atoms with Crippen LogP contribution >= 0.6 is 44.3 Å². The van der Waals surface area contributed by atoms with Crippen molar-refractivity contribution in [3.05, 3.63) is 26.6 Å². The highest BCUT2D eigenvalue weighted by Crippen LogP contribution is 2.33. The van der Waals surface area contributed by atoms with Gasteiger partial charge in [0.2, 0.25) is 0 Å². The summed E-state index contributed by atoms with van der Waals surface area (Å²) in [5, 5.41) is 0. The maximum absolute atomic E-state index is 6.16. The molecular weight excluding hydrogens is 367 g/mol. The summed E-state index contributed by atoms with van der Waals surface area (Å²) < 4.78 is 1.90. The molecular formula is C12H19Br2ClN2. The van der Waals surface area contributed by atoms with Gasteiger partial charge in [-0.1, -0.05) is 29.8 Å². The summed E-state index contributed by atoms with van der Waals surface area (Å²) in [6, 6.07) is 3.95. The Morgan fingerprint density at radius 2 is 1.76 bits per heavy atom. The van der Waals surface area contributed by atoms with Gasteiger partial charge in [0.1, 0.15) is 0 Å². The average molecular weight is 387 g/mol. The van der Waals surface area contributed by atoms with E-state index in [0.29, 0.717) is 5.92 Å². The number of hydrogen-bond donors (Lipinski definition) is 2. The van der Waals surface area contributed by atoms with Crippen LogP contribution in [-0.2, 0) is 0 Å². The van der Waals surface area contributed by atoms with Crippen LogP contribution in [0.15, 0.2) is 21.1 Å². The van der Waals surface area contributed by atoms with Gasteiger partial charge >= 0.3 is 0 Å². The molecule has 0 bridgehead atoms. The topological polar surface area (TPSA) is 52.0 Å². The summed E-state index contributed by atoms with van der Waals surface area (Å²) in [5.74, 6) is 0.669. The van der Waals surface area contributed by atoms with E-state index in [4.69, 9.17) is 11.5 Å². The third kappa shape index (κ3) is 5.16. The molecule has 2 nitrogen and oxygen atoms in total. The van der Waals surface area contributed by atoms with E-state index in [-0.39, 0.29) is 18.4 Å². The van der Waals surface area contributed by atoms with E-state index >= 15 is 0 Å². The van der Waals surface area contributed by atoms with Crippen LogP contribution in [0.4, 0.5) is 5.69 Å². The van der Waals surface area contributed by atoms with E-state index in [9.17, 15) is 0 Å². The van der Waals surface area contributed by atoms with Crippen molar-refractivity contribution in [2.24, 2.45) is 11.7 Å². The van der Waals surface area contributed by atoms with Gasteiger partial charge in [-0.15, -0.1) is 12.4 Å². The van der Waals surface area contributed by atoms with Crippen molar-refractivity contribution in [2.45, 2.75) is 32.7 Å². The van der Waals surface area contributed by atoms with Crippen molar-refractivity contribution in [1.82, 2.24) is 0 Å². The summed E-state index contributed by atoms with van der Waals surface area (Å²) in [5.41, 5.74) is 13.9. The molecule has 1 aromatic carbocycles. The Balaban J connectivity index is 0.00000256. The molecule has 1 aromatic rings. The minimum absolute atomic E-state index is 0. The molecule has 0 unspecified atom stereocenters. The van der Waals surface area contributed by atoms with Crippen LogP contribution in [0.5, 0.6) is 0 Å². The lowest BCUT2D eigenvalue weighted by Gasteiger charge is -2.17. The lowest BCUT2D eigenvalue weighted by molar-refractivity contribution is 0.507. The Kier molecular flexibility index (Phi) is 7.72. The Labute approximate surface area is 126 Å². The van der Waals surface area contributed by atoms with Crippen molar-refractivity contribution in [2.75, 3.05) is 5.73 Å². The van der Waals surface area contributed by atoms with Gasteiger partial charge in [0.25, 0.3) is 0 Å². The third-order valence-corrected chi connectivity index (χ3v) is 3.69. The van der Waals surface area contributed by atoms with E-state index in [1.54, 1.807) is 0 Å². The summed E-state index contributed by atoms with van der Waals surface area (Å²) >= 11 is 6.89. The highest BCUT2D eigenvalue weighted by molar-refractivity contribution is 9.11. The lowest BCUT2D eigenvalue weighted by atomic mass is 9.97. The van der Waals surface area contributed by atoms with Crippen LogP contribution in [0.25, 0.3) is 0 Å². The smallest absolute Gasteiger partial charge is 0.0507 e. The van der Waals surface area contributed by atoms with Crippen LogP contribution in [0.3, 0.4) is 0 Å². The fourth-order valence-corrected chi connectivity index (χ4v) is 2.84. The summed E-state index contributed by atoms with van der Waals surface area (Å²) in [7, 11) is 0. The molecule has 1 atom stereocenters. The standard InChI is InChI=1S/C12H18Br2N2.ClH/c1-7(2)3-4-11(15)9-5-8(13)6-10(14)12(9)16;/h5-7,11H,3-4,15-16H2,1-2H3;1H/t11-;/m1./s1. The average Bonchev–Trinajstić information content (AvgIpc) is 2.19. The van der Waals surface area contributed by atoms with Gasteiger partial charge in [0, 0.05) is 15.0 Å². The summed E-state index contributed by atoms with van der Waals surface area (Å²) in [6.07, 6.45) is 2.08. The molecule has 0 saturated carbocycles. The molecule has 0 spiro atoms. The molecule has 5 heteroatoms. The van der Waals surface area contributed by atoms with Crippen LogP contribution in [0, 0.1) is 5.92 Å². The quantitative estimate of drug-likeness (QED) is 0.740. The maximum Gasteiger partial charge on any atom is 0.0507 e. The number of anilines is 1. The summed E-state index contributed by atoms with van der Waals surface area (Å²) in [6.45, 7) is 4.40. The molecule has 0 saturated heterocycles. The van der Waals surface area contributed by atoms with Gasteiger partial charge in [0.15, 0.2) is 0 Å². The molecule has 98 valence electrons. The Bertz CT molecular complexity index is 370. The highest BCUT2D eigenvalue weighted by atomic mass is 79.9. The van der Waals surface area contributed by atoms with Gasteiger partial charge in [-0.3, -0.25) is 0 Å². The Hall–Kier alpha value is 0.230. The molecule has 0 aliphatic carbocycles. The van der Waals surface area contributed by atoms with E-state index < -0.39 is 0 Å². The van der Waals surface area contributed by atoms with Crippen molar-refractivity contribution in [3.63, 3.8) is 0 Å². The van der Waals surface area contributed by atoms with Crippen molar-refractivity contribution in [3.8, 4) is 0 Å². The number of rotatable bonds is 4.